The van der Waals surface area contributed by atoms with Crippen molar-refractivity contribution in [3.63, 3.8) is 0 Å². The van der Waals surface area contributed by atoms with E-state index in [9.17, 15) is 4.79 Å². The monoisotopic (exact) mass is 262 g/mol. The maximum absolute atomic E-state index is 11.1. The van der Waals surface area contributed by atoms with E-state index in [-0.39, 0.29) is 11.1 Å². The first kappa shape index (κ1) is 13.6. The van der Waals surface area contributed by atoms with Crippen LogP contribution in [0.4, 0.5) is 11.5 Å². The number of carbonyl (C=O) groups excluding carboxylic acids is 1. The SMILES string of the molecule is CC1(CNc2nc(C(N)=O)ccc2N)CCCCC1. The van der Waals surface area contributed by atoms with Gasteiger partial charge in [0.15, 0.2) is 0 Å². The lowest BCUT2D eigenvalue weighted by molar-refractivity contribution is 0.0996. The molecular weight excluding hydrogens is 240 g/mol. The van der Waals surface area contributed by atoms with Gasteiger partial charge in [-0.05, 0) is 30.4 Å². The Morgan fingerprint density at radius 2 is 2.05 bits per heavy atom. The maximum Gasteiger partial charge on any atom is 0.267 e. The van der Waals surface area contributed by atoms with E-state index in [4.69, 9.17) is 11.5 Å². The normalized spacial score (nSPS) is 17.9. The molecule has 1 saturated carbocycles. The van der Waals surface area contributed by atoms with E-state index in [0.29, 0.717) is 11.5 Å². The number of nitrogens with one attached hydrogen (secondary N) is 1. The van der Waals surface area contributed by atoms with Gasteiger partial charge < -0.3 is 16.8 Å². The van der Waals surface area contributed by atoms with Crippen LogP contribution in [0, 0.1) is 5.41 Å². The minimum atomic E-state index is -0.535. The average Bonchev–Trinajstić information content (AvgIpc) is 2.38. The molecule has 0 radical (unpaired) electrons. The summed E-state index contributed by atoms with van der Waals surface area (Å²) < 4.78 is 0. The van der Waals surface area contributed by atoms with Crippen LogP contribution in [0.1, 0.15) is 49.5 Å². The number of rotatable bonds is 4. The van der Waals surface area contributed by atoms with E-state index in [2.05, 4.69) is 17.2 Å². The van der Waals surface area contributed by atoms with E-state index in [1.54, 1.807) is 12.1 Å². The van der Waals surface area contributed by atoms with Crippen molar-refractivity contribution in [2.24, 2.45) is 11.1 Å². The number of nitrogen functional groups attached to an aromatic ring is 1. The zero-order valence-corrected chi connectivity index (χ0v) is 11.4. The van der Waals surface area contributed by atoms with Gasteiger partial charge in [0.2, 0.25) is 0 Å². The Bertz CT molecular complexity index is 467. The van der Waals surface area contributed by atoms with Crippen LogP contribution < -0.4 is 16.8 Å². The number of hydrogen-bond acceptors (Lipinski definition) is 4. The van der Waals surface area contributed by atoms with Crippen LogP contribution in [0.2, 0.25) is 0 Å². The first-order valence-corrected chi connectivity index (χ1v) is 6.80. The molecule has 2 rings (SSSR count). The van der Waals surface area contributed by atoms with Crippen LogP contribution in [0.25, 0.3) is 0 Å². The van der Waals surface area contributed by atoms with Gasteiger partial charge in [-0.1, -0.05) is 26.2 Å². The van der Waals surface area contributed by atoms with Crippen molar-refractivity contribution in [3.8, 4) is 0 Å². The highest BCUT2D eigenvalue weighted by Gasteiger charge is 2.26. The van der Waals surface area contributed by atoms with Gasteiger partial charge in [0, 0.05) is 6.54 Å². The lowest BCUT2D eigenvalue weighted by Gasteiger charge is -2.34. The second-order valence-electron chi connectivity index (χ2n) is 5.72. The number of primary amides is 1. The van der Waals surface area contributed by atoms with Crippen LogP contribution in [0.5, 0.6) is 0 Å². The molecule has 0 unspecified atom stereocenters. The predicted molar refractivity (Wildman–Crippen MR) is 76.8 cm³/mol. The van der Waals surface area contributed by atoms with E-state index in [1.165, 1.54) is 32.1 Å². The third-order valence-electron chi connectivity index (χ3n) is 3.92. The van der Waals surface area contributed by atoms with Gasteiger partial charge >= 0.3 is 0 Å². The Morgan fingerprint density at radius 1 is 1.37 bits per heavy atom. The summed E-state index contributed by atoms with van der Waals surface area (Å²) in [5.41, 5.74) is 12.2. The van der Waals surface area contributed by atoms with Gasteiger partial charge in [-0.3, -0.25) is 4.79 Å². The fourth-order valence-electron chi connectivity index (χ4n) is 2.63. The summed E-state index contributed by atoms with van der Waals surface area (Å²) in [5.74, 6) is 0.0232. The molecule has 1 aromatic heterocycles. The quantitative estimate of drug-likeness (QED) is 0.775. The molecule has 1 heterocycles. The van der Waals surface area contributed by atoms with E-state index in [0.717, 1.165) is 6.54 Å². The van der Waals surface area contributed by atoms with Gasteiger partial charge in [-0.25, -0.2) is 4.98 Å². The third kappa shape index (κ3) is 3.36. The fraction of sp³-hybridized carbons (Fsp3) is 0.571. The first-order chi connectivity index (χ1) is 9.00. The van der Waals surface area contributed by atoms with Crippen molar-refractivity contribution in [2.45, 2.75) is 39.0 Å². The molecule has 0 spiro atoms. The summed E-state index contributed by atoms with van der Waals surface area (Å²) in [6, 6.07) is 3.21. The number of amides is 1. The Labute approximate surface area is 113 Å². The molecule has 5 heteroatoms. The molecule has 5 nitrogen and oxygen atoms in total. The summed E-state index contributed by atoms with van der Waals surface area (Å²) in [6.07, 6.45) is 6.32. The molecule has 19 heavy (non-hydrogen) atoms. The summed E-state index contributed by atoms with van der Waals surface area (Å²) in [7, 11) is 0. The zero-order valence-electron chi connectivity index (χ0n) is 11.4. The van der Waals surface area contributed by atoms with Crippen molar-refractivity contribution in [2.75, 3.05) is 17.6 Å². The Morgan fingerprint density at radius 3 is 2.68 bits per heavy atom. The van der Waals surface area contributed by atoms with Crippen molar-refractivity contribution >= 4 is 17.4 Å². The molecule has 0 saturated heterocycles. The Kier molecular flexibility index (Phi) is 3.93. The molecule has 5 N–H and O–H groups in total. The molecule has 0 aromatic carbocycles. The minimum Gasteiger partial charge on any atom is -0.396 e. The number of aromatic nitrogens is 1. The molecular formula is C14H22N4O. The number of carbonyl (C=O) groups is 1. The van der Waals surface area contributed by atoms with Crippen molar-refractivity contribution < 1.29 is 4.79 Å². The van der Waals surface area contributed by atoms with Crippen molar-refractivity contribution in [1.29, 1.82) is 0 Å². The standard InChI is InChI=1S/C14H22N4O/c1-14(7-3-2-4-8-14)9-17-13-10(15)5-6-11(18-13)12(16)19/h5-6H,2-4,7-9,15H2,1H3,(H2,16,19)(H,17,18). The molecule has 1 amide bonds. The fourth-order valence-corrected chi connectivity index (χ4v) is 2.63. The average molecular weight is 262 g/mol. The summed E-state index contributed by atoms with van der Waals surface area (Å²) in [5, 5.41) is 3.27. The van der Waals surface area contributed by atoms with Crippen molar-refractivity contribution in [3.05, 3.63) is 17.8 Å². The molecule has 0 aliphatic heterocycles. The van der Waals surface area contributed by atoms with E-state index in [1.807, 2.05) is 0 Å². The lowest BCUT2D eigenvalue weighted by Crippen LogP contribution is -2.29. The van der Waals surface area contributed by atoms with Crippen LogP contribution in [-0.4, -0.2) is 17.4 Å². The van der Waals surface area contributed by atoms with Gasteiger partial charge in [0.1, 0.15) is 11.5 Å². The Balaban J connectivity index is 2.06. The number of pyridine rings is 1. The van der Waals surface area contributed by atoms with Gasteiger partial charge in [-0.2, -0.15) is 0 Å². The van der Waals surface area contributed by atoms with E-state index < -0.39 is 5.91 Å². The maximum atomic E-state index is 11.1. The molecule has 1 fully saturated rings. The second-order valence-corrected chi connectivity index (χ2v) is 5.72. The van der Waals surface area contributed by atoms with Gasteiger partial charge in [0.25, 0.3) is 5.91 Å². The molecule has 0 atom stereocenters. The number of nitrogens with two attached hydrogens (primary N) is 2. The molecule has 104 valence electrons. The van der Waals surface area contributed by atoms with Crippen LogP contribution in [-0.2, 0) is 0 Å². The topological polar surface area (TPSA) is 94.0 Å². The number of nitrogens with zero attached hydrogens (tertiary/aromatic N) is 1. The minimum absolute atomic E-state index is 0.241. The summed E-state index contributed by atoms with van der Waals surface area (Å²) in [6.45, 7) is 3.11. The first-order valence-electron chi connectivity index (χ1n) is 6.80. The van der Waals surface area contributed by atoms with Gasteiger partial charge in [0.05, 0.1) is 5.69 Å². The number of hydrogen-bond donors (Lipinski definition) is 3. The Hall–Kier alpha value is -1.78. The highest BCUT2D eigenvalue weighted by molar-refractivity contribution is 5.91. The highest BCUT2D eigenvalue weighted by atomic mass is 16.1. The molecule has 1 aliphatic carbocycles. The lowest BCUT2D eigenvalue weighted by atomic mass is 9.76. The molecule has 1 aliphatic rings. The zero-order chi connectivity index (χ0) is 13.9. The van der Waals surface area contributed by atoms with Crippen LogP contribution in [0.15, 0.2) is 12.1 Å². The third-order valence-corrected chi connectivity index (χ3v) is 3.92. The van der Waals surface area contributed by atoms with Gasteiger partial charge in [-0.15, -0.1) is 0 Å². The van der Waals surface area contributed by atoms with Crippen LogP contribution >= 0.6 is 0 Å². The molecule has 1 aromatic rings. The second kappa shape index (κ2) is 5.47. The largest absolute Gasteiger partial charge is 0.396 e. The summed E-state index contributed by atoms with van der Waals surface area (Å²) in [4.78, 5) is 15.3. The smallest absolute Gasteiger partial charge is 0.267 e. The van der Waals surface area contributed by atoms with Crippen molar-refractivity contribution in [1.82, 2.24) is 4.98 Å². The van der Waals surface area contributed by atoms with Crippen LogP contribution in [0.3, 0.4) is 0 Å². The van der Waals surface area contributed by atoms with E-state index >= 15 is 0 Å². The highest BCUT2D eigenvalue weighted by Crippen LogP contribution is 2.36. The predicted octanol–water partition coefficient (Wildman–Crippen LogP) is 2.14. The number of anilines is 2. The summed E-state index contributed by atoms with van der Waals surface area (Å²) >= 11 is 0. The molecule has 0 bridgehead atoms.